The zero-order valence-electron chi connectivity index (χ0n) is 13.5. The number of hydrogen-bond acceptors (Lipinski definition) is 3. The highest BCUT2D eigenvalue weighted by molar-refractivity contribution is 6.30. The van der Waals surface area contributed by atoms with E-state index in [9.17, 15) is 4.79 Å². The highest BCUT2D eigenvalue weighted by Gasteiger charge is 2.06. The average Bonchev–Trinajstić information content (AvgIpc) is 2.64. The fourth-order valence-electron chi connectivity index (χ4n) is 2.21. The zero-order chi connectivity index (χ0) is 17.6. The fourth-order valence-corrected chi connectivity index (χ4v) is 2.34. The number of halogens is 1. The number of carbonyl (C=O) groups is 1. The molecule has 0 saturated heterocycles. The zero-order valence-corrected chi connectivity index (χ0v) is 14.3. The molecule has 3 aromatic carbocycles. The Balaban J connectivity index is 1.65. The fraction of sp³-hybridized carbons (Fsp3) is 0.0500. The van der Waals surface area contributed by atoms with Crippen LogP contribution < -0.4 is 14.8 Å². The molecule has 0 spiro atoms. The summed E-state index contributed by atoms with van der Waals surface area (Å²) in [6.45, 7) is 0. The van der Waals surface area contributed by atoms with Crippen molar-refractivity contribution in [1.82, 2.24) is 0 Å². The van der Waals surface area contributed by atoms with Gasteiger partial charge in [-0.2, -0.15) is 0 Å². The largest absolute Gasteiger partial charge is 0.497 e. The number of rotatable bonds is 5. The van der Waals surface area contributed by atoms with E-state index in [0.717, 1.165) is 5.75 Å². The van der Waals surface area contributed by atoms with Crippen LogP contribution in [0, 0.1) is 0 Å². The molecular weight excluding hydrogens is 338 g/mol. The topological polar surface area (TPSA) is 47.6 Å². The second kappa shape index (κ2) is 7.73. The van der Waals surface area contributed by atoms with Gasteiger partial charge in [-0.05, 0) is 60.7 Å². The van der Waals surface area contributed by atoms with E-state index in [1.54, 1.807) is 61.7 Å². The molecule has 0 aliphatic rings. The van der Waals surface area contributed by atoms with Gasteiger partial charge in [0.25, 0.3) is 5.91 Å². The SMILES string of the molecule is COc1cccc(Oc2ccc(NC(=O)c3ccc(Cl)cc3)cc2)c1. The number of ether oxygens (including phenoxy) is 2. The second-order valence-electron chi connectivity index (χ2n) is 5.27. The smallest absolute Gasteiger partial charge is 0.255 e. The van der Waals surface area contributed by atoms with Gasteiger partial charge in [-0.1, -0.05) is 17.7 Å². The lowest BCUT2D eigenvalue weighted by molar-refractivity contribution is 0.102. The van der Waals surface area contributed by atoms with Crippen molar-refractivity contribution in [1.29, 1.82) is 0 Å². The molecular formula is C20H16ClNO3. The molecule has 0 heterocycles. The molecule has 1 N–H and O–H groups in total. The van der Waals surface area contributed by atoms with Crippen LogP contribution in [0.15, 0.2) is 72.8 Å². The van der Waals surface area contributed by atoms with E-state index in [-0.39, 0.29) is 5.91 Å². The molecule has 0 atom stereocenters. The van der Waals surface area contributed by atoms with Gasteiger partial charge in [-0.15, -0.1) is 0 Å². The molecule has 0 bridgehead atoms. The monoisotopic (exact) mass is 353 g/mol. The van der Waals surface area contributed by atoms with Crippen LogP contribution in [-0.2, 0) is 0 Å². The van der Waals surface area contributed by atoms with E-state index in [2.05, 4.69) is 5.32 Å². The minimum absolute atomic E-state index is 0.196. The molecule has 3 aromatic rings. The molecule has 0 fully saturated rings. The predicted octanol–water partition coefficient (Wildman–Crippen LogP) is 5.39. The predicted molar refractivity (Wildman–Crippen MR) is 98.9 cm³/mol. The Morgan fingerprint density at radius 1 is 0.880 bits per heavy atom. The van der Waals surface area contributed by atoms with Crippen molar-refractivity contribution in [2.24, 2.45) is 0 Å². The third kappa shape index (κ3) is 4.52. The molecule has 1 amide bonds. The summed E-state index contributed by atoms with van der Waals surface area (Å²) in [4.78, 5) is 12.2. The molecule has 3 rings (SSSR count). The number of benzene rings is 3. The number of methoxy groups -OCH3 is 1. The van der Waals surface area contributed by atoms with Crippen molar-refractivity contribution in [3.05, 3.63) is 83.4 Å². The lowest BCUT2D eigenvalue weighted by Gasteiger charge is -2.09. The summed E-state index contributed by atoms with van der Waals surface area (Å²) in [6.07, 6.45) is 0. The summed E-state index contributed by atoms with van der Waals surface area (Å²) in [5.41, 5.74) is 1.22. The van der Waals surface area contributed by atoms with Gasteiger partial charge in [0, 0.05) is 22.3 Å². The van der Waals surface area contributed by atoms with Crippen LogP contribution >= 0.6 is 11.6 Å². The summed E-state index contributed by atoms with van der Waals surface area (Å²) in [5.74, 6) is 1.87. The van der Waals surface area contributed by atoms with Gasteiger partial charge in [-0.3, -0.25) is 4.79 Å². The van der Waals surface area contributed by atoms with Crippen LogP contribution in [0.4, 0.5) is 5.69 Å². The summed E-state index contributed by atoms with van der Waals surface area (Å²) in [6, 6.07) is 21.2. The minimum atomic E-state index is -0.196. The molecule has 0 aliphatic heterocycles. The van der Waals surface area contributed by atoms with Gasteiger partial charge >= 0.3 is 0 Å². The van der Waals surface area contributed by atoms with E-state index in [1.807, 2.05) is 18.2 Å². The molecule has 4 nitrogen and oxygen atoms in total. The number of hydrogen-bond donors (Lipinski definition) is 1. The van der Waals surface area contributed by atoms with Gasteiger partial charge < -0.3 is 14.8 Å². The third-order valence-corrected chi connectivity index (χ3v) is 3.75. The van der Waals surface area contributed by atoms with Gasteiger partial charge in [0.05, 0.1) is 7.11 Å². The molecule has 0 aromatic heterocycles. The van der Waals surface area contributed by atoms with Crippen LogP contribution in [0.2, 0.25) is 5.02 Å². The van der Waals surface area contributed by atoms with E-state index in [1.165, 1.54) is 0 Å². The van der Waals surface area contributed by atoms with Crippen molar-refractivity contribution in [3.63, 3.8) is 0 Å². The molecule has 126 valence electrons. The van der Waals surface area contributed by atoms with E-state index < -0.39 is 0 Å². The Hall–Kier alpha value is -2.98. The van der Waals surface area contributed by atoms with Crippen molar-refractivity contribution in [2.45, 2.75) is 0 Å². The molecule has 0 aliphatic carbocycles. The Morgan fingerprint density at radius 3 is 2.24 bits per heavy atom. The lowest BCUT2D eigenvalue weighted by Crippen LogP contribution is -2.11. The maximum absolute atomic E-state index is 12.2. The van der Waals surface area contributed by atoms with Gasteiger partial charge in [-0.25, -0.2) is 0 Å². The number of carbonyl (C=O) groups excluding carboxylic acids is 1. The van der Waals surface area contributed by atoms with E-state index in [0.29, 0.717) is 27.8 Å². The maximum atomic E-state index is 12.2. The standard InChI is InChI=1S/C20H16ClNO3/c1-24-18-3-2-4-19(13-18)25-17-11-9-16(10-12-17)22-20(23)14-5-7-15(21)8-6-14/h2-13H,1H3,(H,22,23). The van der Waals surface area contributed by atoms with Crippen molar-refractivity contribution >= 4 is 23.2 Å². The first kappa shape index (κ1) is 16.9. The van der Waals surface area contributed by atoms with E-state index in [4.69, 9.17) is 21.1 Å². The second-order valence-corrected chi connectivity index (χ2v) is 5.70. The maximum Gasteiger partial charge on any atom is 0.255 e. The molecule has 25 heavy (non-hydrogen) atoms. The normalized spacial score (nSPS) is 10.2. The number of nitrogens with one attached hydrogen (secondary N) is 1. The van der Waals surface area contributed by atoms with Crippen LogP contribution in [0.3, 0.4) is 0 Å². The van der Waals surface area contributed by atoms with E-state index >= 15 is 0 Å². The Bertz CT molecular complexity index is 861. The van der Waals surface area contributed by atoms with Gasteiger partial charge in [0.2, 0.25) is 0 Å². The summed E-state index contributed by atoms with van der Waals surface area (Å²) < 4.78 is 10.9. The first-order valence-electron chi connectivity index (χ1n) is 7.63. The first-order valence-corrected chi connectivity index (χ1v) is 8.01. The summed E-state index contributed by atoms with van der Waals surface area (Å²) in [7, 11) is 1.61. The molecule has 0 unspecified atom stereocenters. The number of anilines is 1. The highest BCUT2D eigenvalue weighted by atomic mass is 35.5. The van der Waals surface area contributed by atoms with Crippen molar-refractivity contribution in [2.75, 3.05) is 12.4 Å². The van der Waals surface area contributed by atoms with Gasteiger partial charge in [0.15, 0.2) is 0 Å². The minimum Gasteiger partial charge on any atom is -0.497 e. The Labute approximate surface area is 151 Å². The van der Waals surface area contributed by atoms with Crippen molar-refractivity contribution in [3.8, 4) is 17.2 Å². The lowest BCUT2D eigenvalue weighted by atomic mass is 10.2. The van der Waals surface area contributed by atoms with Crippen LogP contribution in [-0.4, -0.2) is 13.0 Å². The van der Waals surface area contributed by atoms with Gasteiger partial charge in [0.1, 0.15) is 17.2 Å². The quantitative estimate of drug-likeness (QED) is 0.668. The molecule has 0 radical (unpaired) electrons. The summed E-state index contributed by atoms with van der Waals surface area (Å²) in [5, 5.41) is 3.42. The number of amides is 1. The average molecular weight is 354 g/mol. The van der Waals surface area contributed by atoms with Crippen LogP contribution in [0.25, 0.3) is 0 Å². The van der Waals surface area contributed by atoms with Crippen LogP contribution in [0.1, 0.15) is 10.4 Å². The van der Waals surface area contributed by atoms with Crippen molar-refractivity contribution < 1.29 is 14.3 Å². The molecule has 5 heteroatoms. The highest BCUT2D eigenvalue weighted by Crippen LogP contribution is 2.26. The Morgan fingerprint density at radius 2 is 1.56 bits per heavy atom. The molecule has 0 saturated carbocycles. The third-order valence-electron chi connectivity index (χ3n) is 3.50. The van der Waals surface area contributed by atoms with Crippen LogP contribution in [0.5, 0.6) is 17.2 Å². The first-order chi connectivity index (χ1) is 12.1. The summed E-state index contributed by atoms with van der Waals surface area (Å²) >= 11 is 5.83. The Kier molecular flexibility index (Phi) is 5.21.